The number of rotatable bonds is 15. The summed E-state index contributed by atoms with van der Waals surface area (Å²) < 4.78 is 49.3. The number of aromatic nitrogens is 8. The average molecular weight is 1210 g/mol. The van der Waals surface area contributed by atoms with E-state index in [1.54, 1.807) is 17.5 Å². The third-order valence-electron chi connectivity index (χ3n) is 17.4. The zero-order valence-electron chi connectivity index (χ0n) is 46.0. The minimum absolute atomic E-state index is 0. The van der Waals surface area contributed by atoms with Crippen molar-refractivity contribution >= 4 is 90.0 Å². The number of alkyl halides is 1. The van der Waals surface area contributed by atoms with Crippen molar-refractivity contribution in [1.29, 1.82) is 0 Å². The Morgan fingerprint density at radius 1 is 0.654 bits per heavy atom. The monoisotopic (exact) mass is 1210 g/mol. The number of nitrogens with zero attached hydrogens (tertiary/aromatic N) is 7. The Balaban J connectivity index is 0.000000165. The molecule has 4 bridgehead atoms. The number of nitrogens with one attached hydrogen (secondary N) is 3. The number of aryl methyl sites for hydroxylation is 4. The van der Waals surface area contributed by atoms with Gasteiger partial charge in [0.2, 0.25) is 0 Å². The van der Waals surface area contributed by atoms with E-state index >= 15 is 0 Å². The van der Waals surface area contributed by atoms with Crippen LogP contribution in [0.25, 0.3) is 54.2 Å². The number of aromatic amines is 2. The molecule has 2 aliphatic heterocycles. The molecule has 0 unspecified atom stereocenters. The topological polar surface area (TPSA) is 216 Å². The number of H-pyrrole nitrogens is 2. The van der Waals surface area contributed by atoms with Crippen LogP contribution in [0.2, 0.25) is 0 Å². The molecule has 2 saturated heterocycles. The van der Waals surface area contributed by atoms with Crippen LogP contribution in [0.3, 0.4) is 0 Å². The fourth-order valence-electron chi connectivity index (χ4n) is 13.3. The highest BCUT2D eigenvalue weighted by atomic mass is 79.9. The molecule has 6 atom stereocenters. The average Bonchev–Trinajstić information content (AvgIpc) is 4.41. The molecule has 78 heavy (non-hydrogen) atoms. The number of thiophene rings is 2. The van der Waals surface area contributed by atoms with Crippen molar-refractivity contribution in [2.24, 2.45) is 11.8 Å². The second-order valence-corrected chi connectivity index (χ2v) is 30.2. The Morgan fingerprint density at radius 3 is 1.55 bits per heavy atom. The summed E-state index contributed by atoms with van der Waals surface area (Å²) in [6.45, 7) is 24.7. The van der Waals surface area contributed by atoms with E-state index < -0.39 is 19.7 Å². The van der Waals surface area contributed by atoms with Gasteiger partial charge in [0, 0.05) is 74.6 Å². The molecule has 2 aliphatic carbocycles. The van der Waals surface area contributed by atoms with Crippen LogP contribution in [0.5, 0.6) is 0 Å². The molecule has 16 nitrogen and oxygen atoms in total. The van der Waals surface area contributed by atoms with E-state index in [1.807, 2.05) is 31.7 Å². The van der Waals surface area contributed by atoms with Gasteiger partial charge < -0.3 is 25.5 Å². The Labute approximate surface area is 476 Å². The van der Waals surface area contributed by atoms with Gasteiger partial charge in [-0.15, -0.1) is 22.7 Å². The number of halogens is 1. The summed E-state index contributed by atoms with van der Waals surface area (Å²) in [4.78, 5) is 24.6. The lowest BCUT2D eigenvalue weighted by Gasteiger charge is -2.31. The zero-order valence-corrected chi connectivity index (χ0v) is 50.8. The molecule has 10 heterocycles. The third kappa shape index (κ3) is 10.8. The minimum Gasteiger partial charge on any atom is -0.395 e. The smallest absolute Gasteiger partial charge is 0.158 e. The highest BCUT2D eigenvalue weighted by Gasteiger charge is 2.47. The summed E-state index contributed by atoms with van der Waals surface area (Å²) in [5.74, 6) is 3.46. The SMILES string of the molecule is C.Cc1c(-c2[nH]c3sc([C@@H]4C[C@@H]5C[C@H]4CN5)c(C)c3c2C(C)C)cn2ncnc2c1C.Cc1c(-c2[nH]c3sc([C@@H]4C[C@@H]5C[C@H]4CN5CCS(=O)(=O)CCO)c(C)c3c2C(C)C)cn2ncnc2c1C.O=S(=O)(CCO)CCBr. The molecule has 0 aromatic carbocycles. The Kier molecular flexibility index (Phi) is 17.3. The van der Waals surface area contributed by atoms with Crippen molar-refractivity contribution in [2.75, 3.05) is 61.2 Å². The van der Waals surface area contributed by atoms with Crippen molar-refractivity contribution in [3.63, 3.8) is 0 Å². The molecule has 8 aromatic rings. The van der Waals surface area contributed by atoms with Crippen LogP contribution in [-0.2, 0) is 19.7 Å². The van der Waals surface area contributed by atoms with Gasteiger partial charge in [0.25, 0.3) is 0 Å². The number of hydrogen-bond donors (Lipinski definition) is 5. The molecule has 12 rings (SSSR count). The second kappa shape index (κ2) is 23.1. The lowest BCUT2D eigenvalue weighted by Crippen LogP contribution is -2.38. The number of aliphatic hydroxyl groups excluding tert-OH is 2. The lowest BCUT2D eigenvalue weighted by molar-refractivity contribution is 0.211. The number of pyridine rings is 2. The van der Waals surface area contributed by atoms with E-state index in [0.29, 0.717) is 41.6 Å². The molecule has 4 fully saturated rings. The van der Waals surface area contributed by atoms with Gasteiger partial charge in [-0.05, 0) is 154 Å². The summed E-state index contributed by atoms with van der Waals surface area (Å²) >= 11 is 6.92. The van der Waals surface area contributed by atoms with E-state index in [1.165, 1.54) is 106 Å². The summed E-state index contributed by atoms with van der Waals surface area (Å²) in [5, 5.41) is 33.0. The Bertz CT molecular complexity index is 3710. The van der Waals surface area contributed by atoms with Crippen LogP contribution in [0.1, 0.15) is 139 Å². The molecule has 0 spiro atoms. The van der Waals surface area contributed by atoms with Gasteiger partial charge in [-0.1, -0.05) is 51.1 Å². The van der Waals surface area contributed by atoms with Crippen molar-refractivity contribution in [3.8, 4) is 22.5 Å². The second-order valence-electron chi connectivity index (χ2n) is 22.7. The first-order chi connectivity index (χ1) is 36.6. The predicted octanol–water partition coefficient (Wildman–Crippen LogP) is 10.5. The van der Waals surface area contributed by atoms with Crippen molar-refractivity contribution in [1.82, 2.24) is 49.4 Å². The fraction of sp³-hybridized carbons (Fsp3) is 0.579. The van der Waals surface area contributed by atoms with Gasteiger partial charge >= 0.3 is 0 Å². The van der Waals surface area contributed by atoms with E-state index in [9.17, 15) is 16.8 Å². The predicted molar refractivity (Wildman–Crippen MR) is 323 cm³/mol. The van der Waals surface area contributed by atoms with Crippen LogP contribution in [0.4, 0.5) is 0 Å². The maximum Gasteiger partial charge on any atom is 0.158 e. The van der Waals surface area contributed by atoms with Crippen molar-refractivity contribution in [2.45, 2.75) is 138 Å². The standard InChI is InChI=1S/C28H37N5O3S2.C24H29N5S.C4H9BrO3S.CH4/c1-15(2)23-24-18(5)26(21-11-20-10-19(21)12-32(20)6-8-38(35,36)9-7-34)37-28(24)31-25(23)22-13-33-27(29-14-30-33)17(4)16(22)3;1-11(2)19-20-14(5)22(17-7-16-6-15(17)8-25-16)30-24(20)28-21(19)18-9-29-23(26-10-27-29)13(4)12(18)3;5-1-3-9(7,8)4-2-6;/h13-15,19-21,31,34H,6-12H2,1-5H3;9-11,15-17,25,28H,6-8H2,1-5H3;6H,1-4H2;1H4/t19-,20-,21+;15-,16-,17+;;/m00../s1. The fourth-order valence-corrected chi connectivity index (χ4v) is 19.4. The molecule has 4 aliphatic rings. The van der Waals surface area contributed by atoms with Crippen LogP contribution >= 0.6 is 38.6 Å². The van der Waals surface area contributed by atoms with Gasteiger partial charge in [-0.2, -0.15) is 10.2 Å². The molecule has 5 N–H and O–H groups in total. The zero-order chi connectivity index (χ0) is 55.0. The van der Waals surface area contributed by atoms with Crippen LogP contribution < -0.4 is 5.32 Å². The molecular formula is C57H79BrN10O6S4. The minimum atomic E-state index is -3.18. The highest BCUT2D eigenvalue weighted by Crippen LogP contribution is 2.54. The molecule has 0 amide bonds. The number of piperidine rings is 2. The van der Waals surface area contributed by atoms with Gasteiger partial charge in [-0.25, -0.2) is 35.8 Å². The van der Waals surface area contributed by atoms with Crippen LogP contribution in [-0.4, -0.2) is 144 Å². The number of hydrogen-bond acceptors (Lipinski definition) is 14. The van der Waals surface area contributed by atoms with Crippen LogP contribution in [0, 0.1) is 53.4 Å². The largest absolute Gasteiger partial charge is 0.395 e. The lowest BCUT2D eigenvalue weighted by atomic mass is 9.88. The quantitative estimate of drug-likeness (QED) is 0.0606. The molecule has 424 valence electrons. The highest BCUT2D eigenvalue weighted by molar-refractivity contribution is 9.09. The van der Waals surface area contributed by atoms with E-state index in [4.69, 9.17) is 10.2 Å². The first kappa shape index (κ1) is 58.6. The number of fused-ring (bicyclic) bond motifs is 8. The summed E-state index contributed by atoms with van der Waals surface area (Å²) in [6, 6.07) is 1.19. The Hall–Kier alpha value is -4.06. The van der Waals surface area contributed by atoms with Crippen molar-refractivity contribution < 1.29 is 27.0 Å². The van der Waals surface area contributed by atoms with E-state index in [-0.39, 0.29) is 43.7 Å². The number of likely N-dealkylation sites (tertiary alicyclic amines) is 1. The number of aliphatic hydroxyl groups is 2. The molecule has 21 heteroatoms. The van der Waals surface area contributed by atoms with Crippen molar-refractivity contribution in [3.05, 3.63) is 79.3 Å². The van der Waals surface area contributed by atoms with Gasteiger partial charge in [0.1, 0.15) is 22.3 Å². The number of sulfone groups is 2. The third-order valence-corrected chi connectivity index (χ3v) is 24.3. The molecule has 8 aromatic heterocycles. The van der Waals surface area contributed by atoms with E-state index in [0.717, 1.165) is 54.1 Å². The first-order valence-corrected chi connectivity index (χ1v) is 33.6. The first-order valence-electron chi connectivity index (χ1n) is 27.2. The summed E-state index contributed by atoms with van der Waals surface area (Å²) in [7, 11) is -6.15. The summed E-state index contributed by atoms with van der Waals surface area (Å²) in [5.41, 5.74) is 17.3. The molecule has 2 saturated carbocycles. The van der Waals surface area contributed by atoms with Crippen LogP contribution in [0.15, 0.2) is 25.0 Å². The maximum absolute atomic E-state index is 12.1. The molecular weight excluding hydrogens is 1130 g/mol. The maximum atomic E-state index is 12.1. The summed E-state index contributed by atoms with van der Waals surface area (Å²) in [6.07, 6.45) is 12.4. The van der Waals surface area contributed by atoms with Gasteiger partial charge in [-0.3, -0.25) is 4.90 Å². The Morgan fingerprint density at radius 2 is 1.14 bits per heavy atom. The van der Waals surface area contributed by atoms with Gasteiger partial charge in [0.15, 0.2) is 31.0 Å². The normalized spacial score (nSPS) is 21.2. The molecule has 0 radical (unpaired) electrons. The van der Waals surface area contributed by atoms with E-state index in [2.05, 4.69) is 138 Å². The van der Waals surface area contributed by atoms with Gasteiger partial charge in [0.05, 0.1) is 47.6 Å².